The summed E-state index contributed by atoms with van der Waals surface area (Å²) in [5.41, 5.74) is 8.26. The first-order valence-electron chi connectivity index (χ1n) is 7.58. The van der Waals surface area contributed by atoms with Crippen LogP contribution in [0.4, 0.5) is 17.3 Å². The van der Waals surface area contributed by atoms with Gasteiger partial charge in [-0.05, 0) is 36.2 Å². The van der Waals surface area contributed by atoms with E-state index in [2.05, 4.69) is 46.5 Å². The number of rotatable bonds is 5. The quantitative estimate of drug-likeness (QED) is 0.477. The fourth-order valence-corrected chi connectivity index (χ4v) is 2.90. The smallest absolute Gasteiger partial charge is 0.227 e. The van der Waals surface area contributed by atoms with Crippen molar-refractivity contribution < 1.29 is 5.11 Å². The maximum absolute atomic E-state index is 9.37. The van der Waals surface area contributed by atoms with Crippen LogP contribution in [0.3, 0.4) is 0 Å². The van der Waals surface area contributed by atoms with Crippen LogP contribution in [0.25, 0.3) is 0 Å². The number of hydrogen-bond acceptors (Lipinski definition) is 6. The molecule has 0 atom stereocenters. The number of nitrogens with zero attached hydrogens (tertiary/aromatic N) is 2. The molecule has 0 aliphatic rings. The van der Waals surface area contributed by atoms with Gasteiger partial charge in [0.15, 0.2) is 0 Å². The number of hydrogen-bond donors (Lipinski definition) is 3. The molecule has 0 fully saturated rings. The minimum Gasteiger partial charge on any atom is -0.508 e. The molecule has 6 heteroatoms. The van der Waals surface area contributed by atoms with Crippen LogP contribution in [0, 0.1) is 0 Å². The molecule has 0 aliphatic heterocycles. The van der Waals surface area contributed by atoms with Crippen molar-refractivity contribution in [1.29, 1.82) is 0 Å². The number of nitrogens with one attached hydrogen (secondary N) is 1. The maximum atomic E-state index is 9.37. The lowest BCUT2D eigenvalue weighted by molar-refractivity contribution is 0.476. The Hall–Kier alpha value is -2.73. The second-order valence-electron chi connectivity index (χ2n) is 5.24. The van der Waals surface area contributed by atoms with Crippen molar-refractivity contribution in [3.63, 3.8) is 0 Å². The zero-order valence-electron chi connectivity index (χ0n) is 13.2. The van der Waals surface area contributed by atoms with Gasteiger partial charge in [0.2, 0.25) is 5.95 Å². The topological polar surface area (TPSA) is 84.1 Å². The van der Waals surface area contributed by atoms with Crippen LogP contribution in [-0.4, -0.2) is 15.1 Å². The predicted molar refractivity (Wildman–Crippen MR) is 97.8 cm³/mol. The molecule has 1 heterocycles. The van der Waals surface area contributed by atoms with E-state index < -0.39 is 0 Å². The lowest BCUT2D eigenvalue weighted by Gasteiger charge is -2.08. The van der Waals surface area contributed by atoms with Crippen molar-refractivity contribution in [1.82, 2.24) is 9.97 Å². The third kappa shape index (κ3) is 3.97. The van der Waals surface area contributed by atoms with Crippen LogP contribution in [0.5, 0.6) is 5.75 Å². The van der Waals surface area contributed by atoms with Gasteiger partial charge < -0.3 is 16.2 Å². The van der Waals surface area contributed by atoms with Gasteiger partial charge >= 0.3 is 0 Å². The first kappa shape index (κ1) is 16.1. The fraction of sp³-hybridized carbons (Fsp3) is 0.111. The molecule has 0 spiro atoms. The minimum absolute atomic E-state index is 0.125. The second kappa shape index (κ2) is 7.23. The zero-order chi connectivity index (χ0) is 16.9. The number of aryl methyl sites for hydroxylation is 1. The highest BCUT2D eigenvalue weighted by molar-refractivity contribution is 7.99. The van der Waals surface area contributed by atoms with E-state index >= 15 is 0 Å². The van der Waals surface area contributed by atoms with Gasteiger partial charge in [0.25, 0.3) is 0 Å². The van der Waals surface area contributed by atoms with Crippen LogP contribution >= 0.6 is 11.8 Å². The van der Waals surface area contributed by atoms with Gasteiger partial charge in [-0.25, -0.2) is 9.97 Å². The number of nitrogens with two attached hydrogens (primary N) is 1. The highest BCUT2D eigenvalue weighted by atomic mass is 32.2. The Kier molecular flexibility index (Phi) is 4.86. The van der Waals surface area contributed by atoms with Gasteiger partial charge in [-0.3, -0.25) is 0 Å². The monoisotopic (exact) mass is 338 g/mol. The molecule has 0 bridgehead atoms. The molecular formula is C18H18N4OS. The number of aromatic nitrogens is 2. The third-order valence-corrected chi connectivity index (χ3v) is 4.43. The summed E-state index contributed by atoms with van der Waals surface area (Å²) in [7, 11) is 0. The number of anilines is 3. The van der Waals surface area contributed by atoms with Crippen molar-refractivity contribution in [3.8, 4) is 5.75 Å². The van der Waals surface area contributed by atoms with Crippen molar-refractivity contribution >= 4 is 29.1 Å². The number of aromatic hydroxyl groups is 1. The van der Waals surface area contributed by atoms with Gasteiger partial charge in [0, 0.05) is 28.3 Å². The summed E-state index contributed by atoms with van der Waals surface area (Å²) in [6, 6.07) is 13.2. The van der Waals surface area contributed by atoms with Gasteiger partial charge in [0.05, 0.1) is 11.4 Å². The van der Waals surface area contributed by atoms with Gasteiger partial charge in [-0.2, -0.15) is 0 Å². The summed E-state index contributed by atoms with van der Waals surface area (Å²) in [4.78, 5) is 10.7. The Balaban J connectivity index is 1.68. The van der Waals surface area contributed by atoms with Crippen LogP contribution in [0.15, 0.2) is 64.6 Å². The molecular weight excluding hydrogens is 320 g/mol. The van der Waals surface area contributed by atoms with Gasteiger partial charge in [0.1, 0.15) is 5.75 Å². The summed E-state index contributed by atoms with van der Waals surface area (Å²) >= 11 is 1.62. The van der Waals surface area contributed by atoms with Crippen LogP contribution in [0.2, 0.25) is 0 Å². The van der Waals surface area contributed by atoms with Crippen LogP contribution in [-0.2, 0) is 6.42 Å². The molecule has 0 amide bonds. The summed E-state index contributed by atoms with van der Waals surface area (Å²) in [6.45, 7) is 2.14. The first-order chi connectivity index (χ1) is 11.6. The fourth-order valence-electron chi connectivity index (χ4n) is 2.15. The molecule has 4 N–H and O–H groups in total. The van der Waals surface area contributed by atoms with E-state index in [1.165, 1.54) is 11.6 Å². The number of benzene rings is 2. The van der Waals surface area contributed by atoms with E-state index in [1.54, 1.807) is 36.3 Å². The Morgan fingerprint density at radius 1 is 1.04 bits per heavy atom. The summed E-state index contributed by atoms with van der Waals surface area (Å²) in [6.07, 6.45) is 4.57. The number of nitrogen functional groups attached to an aromatic ring is 1. The average Bonchev–Trinajstić information content (AvgIpc) is 2.60. The molecule has 0 saturated carbocycles. The Bertz CT molecular complexity index is 819. The molecule has 3 rings (SSSR count). The highest BCUT2D eigenvalue weighted by Crippen LogP contribution is 2.28. The lowest BCUT2D eigenvalue weighted by Crippen LogP contribution is -1.99. The molecule has 3 aromatic rings. The van der Waals surface area contributed by atoms with Crippen LogP contribution < -0.4 is 11.1 Å². The average molecular weight is 338 g/mol. The van der Waals surface area contributed by atoms with Crippen molar-refractivity contribution in [3.05, 3.63) is 60.4 Å². The van der Waals surface area contributed by atoms with E-state index in [9.17, 15) is 5.11 Å². The Morgan fingerprint density at radius 2 is 1.75 bits per heavy atom. The van der Waals surface area contributed by atoms with E-state index in [1.807, 2.05) is 0 Å². The third-order valence-electron chi connectivity index (χ3n) is 3.48. The van der Waals surface area contributed by atoms with Gasteiger partial charge in [-0.15, -0.1) is 0 Å². The lowest BCUT2D eigenvalue weighted by atomic mass is 10.2. The molecule has 122 valence electrons. The van der Waals surface area contributed by atoms with E-state index in [4.69, 9.17) is 5.73 Å². The van der Waals surface area contributed by atoms with E-state index in [-0.39, 0.29) is 5.75 Å². The zero-order valence-corrected chi connectivity index (χ0v) is 14.0. The highest BCUT2D eigenvalue weighted by Gasteiger charge is 2.04. The SMILES string of the molecule is CCc1ccc(Sc2cnc(Nc3ccc(O)cc3N)nc2)cc1. The Morgan fingerprint density at radius 3 is 2.38 bits per heavy atom. The summed E-state index contributed by atoms with van der Waals surface area (Å²) in [5, 5.41) is 12.4. The summed E-state index contributed by atoms with van der Waals surface area (Å²) in [5.74, 6) is 0.581. The van der Waals surface area contributed by atoms with Crippen LogP contribution in [0.1, 0.15) is 12.5 Å². The Labute approximate surface area is 145 Å². The molecule has 0 saturated heterocycles. The van der Waals surface area contributed by atoms with E-state index in [0.717, 1.165) is 16.2 Å². The number of phenolic OH excluding ortho intramolecular Hbond substituents is 1. The minimum atomic E-state index is 0.125. The number of phenols is 1. The van der Waals surface area contributed by atoms with E-state index in [0.29, 0.717) is 17.3 Å². The molecule has 5 nitrogen and oxygen atoms in total. The molecule has 0 radical (unpaired) electrons. The standard InChI is InChI=1S/C18H18N4OS/c1-2-12-3-6-14(7-4-12)24-15-10-20-18(21-11-15)22-17-8-5-13(23)9-16(17)19/h3-11,23H,2,19H2,1H3,(H,20,21,22). The van der Waals surface area contributed by atoms with Gasteiger partial charge in [-0.1, -0.05) is 30.8 Å². The predicted octanol–water partition coefficient (Wildman–Crippen LogP) is 4.22. The molecule has 2 aromatic carbocycles. The second-order valence-corrected chi connectivity index (χ2v) is 6.39. The molecule has 24 heavy (non-hydrogen) atoms. The molecule has 0 aliphatic carbocycles. The van der Waals surface area contributed by atoms with Crippen molar-refractivity contribution in [2.24, 2.45) is 0 Å². The maximum Gasteiger partial charge on any atom is 0.227 e. The largest absolute Gasteiger partial charge is 0.508 e. The molecule has 0 unspecified atom stereocenters. The molecule has 1 aromatic heterocycles. The van der Waals surface area contributed by atoms with Crippen molar-refractivity contribution in [2.75, 3.05) is 11.1 Å². The van der Waals surface area contributed by atoms with Crippen molar-refractivity contribution in [2.45, 2.75) is 23.1 Å². The first-order valence-corrected chi connectivity index (χ1v) is 8.40. The summed E-state index contributed by atoms with van der Waals surface area (Å²) < 4.78 is 0. The normalized spacial score (nSPS) is 10.5.